The number of alkyl halides is 6. The predicted octanol–water partition coefficient (Wildman–Crippen LogP) is 5.37. The van der Waals surface area contributed by atoms with E-state index in [1.165, 1.54) is 12.2 Å². The fourth-order valence-corrected chi connectivity index (χ4v) is 1.20. The van der Waals surface area contributed by atoms with Crippen LogP contribution < -0.4 is 0 Å². The summed E-state index contributed by atoms with van der Waals surface area (Å²) in [7, 11) is 0. The molecule has 116 valence electrons. The first kappa shape index (κ1) is 25.4. The molecule has 0 bridgehead atoms. The average Bonchev–Trinajstić information content (AvgIpc) is 2.91. The second-order valence-corrected chi connectivity index (χ2v) is 3.39. The van der Waals surface area contributed by atoms with Crippen molar-refractivity contribution in [2.45, 2.75) is 25.2 Å². The summed E-state index contributed by atoms with van der Waals surface area (Å²) < 4.78 is 69.7. The number of rotatable bonds is 0. The molecule has 0 saturated carbocycles. The maximum atomic E-state index is 11.6. The van der Waals surface area contributed by atoms with Gasteiger partial charge in [-0.15, -0.1) is 24.0 Å². The molecule has 0 unspecified atom stereocenters. The first-order valence-electron chi connectivity index (χ1n) is 4.90. The van der Waals surface area contributed by atoms with Crippen molar-refractivity contribution in [3.63, 3.8) is 0 Å². The molecule has 2 aliphatic carbocycles. The standard InChI is InChI=1S/2C6H4F3.2CH3.Zr/c2*7-6(8,9)5-3-1-2-4-5;;;/h2*1,3H,2H2;2*1H3;/q4*-1;+4. The SMILES string of the molecule is FC(F)(F)C1=[C-]CC=C1.FC(F)(F)C1=[C-]CC=C1.[CH3-].[CH3-].[Zr+4]. The quantitative estimate of drug-likeness (QED) is 0.387. The minimum atomic E-state index is -4.20. The Labute approximate surface area is 140 Å². The fourth-order valence-electron chi connectivity index (χ4n) is 1.20. The molecule has 2 aliphatic rings. The minimum Gasteiger partial charge on any atom is -0.358 e. The summed E-state index contributed by atoms with van der Waals surface area (Å²) in [6.07, 6.45) is 1.47. The van der Waals surface area contributed by atoms with Crippen molar-refractivity contribution < 1.29 is 52.5 Å². The molecule has 0 aliphatic heterocycles. The number of halogens is 6. The fraction of sp³-hybridized carbons (Fsp3) is 0.286. The van der Waals surface area contributed by atoms with E-state index >= 15 is 0 Å². The van der Waals surface area contributed by atoms with Crippen LogP contribution in [0.2, 0.25) is 0 Å². The third-order valence-corrected chi connectivity index (χ3v) is 2.00. The molecule has 0 spiro atoms. The largest absolute Gasteiger partial charge is 4.00 e. The monoisotopic (exact) mass is 386 g/mol. The minimum absolute atomic E-state index is 0. The zero-order chi connectivity index (χ0) is 13.8. The first-order chi connectivity index (χ1) is 8.21. The van der Waals surface area contributed by atoms with Gasteiger partial charge in [0.25, 0.3) is 0 Å². The summed E-state index contributed by atoms with van der Waals surface area (Å²) in [6.45, 7) is 0. The molecule has 0 aromatic heterocycles. The van der Waals surface area contributed by atoms with Gasteiger partial charge in [-0.25, -0.2) is 12.2 Å². The van der Waals surface area contributed by atoms with E-state index in [1.807, 2.05) is 0 Å². The van der Waals surface area contributed by atoms with Gasteiger partial charge in [0, 0.05) is 0 Å². The van der Waals surface area contributed by atoms with E-state index in [0.717, 1.165) is 12.2 Å². The molecule has 0 heterocycles. The molecule has 2 rings (SSSR count). The second-order valence-electron chi connectivity index (χ2n) is 3.39. The summed E-state index contributed by atoms with van der Waals surface area (Å²) in [5, 5.41) is 0. The maximum Gasteiger partial charge on any atom is 4.00 e. The van der Waals surface area contributed by atoms with Gasteiger partial charge in [0.2, 0.25) is 0 Å². The van der Waals surface area contributed by atoms with E-state index in [4.69, 9.17) is 0 Å². The van der Waals surface area contributed by atoms with Gasteiger partial charge in [-0.2, -0.15) is 38.5 Å². The van der Waals surface area contributed by atoms with Crippen LogP contribution in [0.15, 0.2) is 35.5 Å². The molecule has 0 atom stereocenters. The average molecular weight is 387 g/mol. The Morgan fingerprint density at radius 1 is 0.714 bits per heavy atom. The van der Waals surface area contributed by atoms with Crippen molar-refractivity contribution in [2.75, 3.05) is 0 Å². The van der Waals surface area contributed by atoms with Gasteiger partial charge < -0.3 is 14.9 Å². The Morgan fingerprint density at radius 3 is 1.10 bits per heavy atom. The number of allylic oxidation sites excluding steroid dienone is 8. The van der Waals surface area contributed by atoms with Gasteiger partial charge in [0.05, 0.1) is 0 Å². The van der Waals surface area contributed by atoms with Crippen molar-refractivity contribution in [2.24, 2.45) is 0 Å². The van der Waals surface area contributed by atoms with E-state index in [1.54, 1.807) is 0 Å². The molecule has 0 aromatic carbocycles. The van der Waals surface area contributed by atoms with Crippen LogP contribution in [0.25, 0.3) is 0 Å². The summed E-state index contributed by atoms with van der Waals surface area (Å²) in [5.74, 6) is 0. The normalized spacial score (nSPS) is 15.7. The van der Waals surface area contributed by atoms with E-state index in [2.05, 4.69) is 12.2 Å². The van der Waals surface area contributed by atoms with Crippen LogP contribution in [-0.4, -0.2) is 12.4 Å². The van der Waals surface area contributed by atoms with Crippen molar-refractivity contribution in [3.8, 4) is 0 Å². The zero-order valence-electron chi connectivity index (χ0n) is 11.5. The van der Waals surface area contributed by atoms with Gasteiger partial charge in [-0.05, 0) is 0 Å². The molecule has 0 saturated heterocycles. The van der Waals surface area contributed by atoms with Crippen LogP contribution >= 0.6 is 0 Å². The Kier molecular flexibility index (Phi) is 12.3. The summed E-state index contributed by atoms with van der Waals surface area (Å²) in [4.78, 5) is 0. The molecule has 0 amide bonds. The maximum absolute atomic E-state index is 11.6. The van der Waals surface area contributed by atoms with Crippen molar-refractivity contribution in [1.82, 2.24) is 0 Å². The zero-order valence-corrected chi connectivity index (χ0v) is 13.9. The summed E-state index contributed by atoms with van der Waals surface area (Å²) in [5.41, 5.74) is -1.30. The van der Waals surface area contributed by atoms with Crippen LogP contribution in [-0.2, 0) is 26.2 Å². The molecule has 0 N–H and O–H groups in total. The Morgan fingerprint density at radius 2 is 1.00 bits per heavy atom. The third kappa shape index (κ3) is 9.12. The number of hydrogen-bond acceptors (Lipinski definition) is 0. The molecule has 0 nitrogen and oxygen atoms in total. The van der Waals surface area contributed by atoms with E-state index in [-0.39, 0.29) is 53.9 Å². The van der Waals surface area contributed by atoms with E-state index < -0.39 is 23.5 Å². The van der Waals surface area contributed by atoms with Crippen LogP contribution in [0.3, 0.4) is 0 Å². The van der Waals surface area contributed by atoms with E-state index in [9.17, 15) is 26.3 Å². The Hall–Kier alpha value is -0.577. The molecule has 7 heteroatoms. The van der Waals surface area contributed by atoms with Crippen LogP contribution in [0.4, 0.5) is 26.3 Å². The number of hydrogen-bond donors (Lipinski definition) is 0. The van der Waals surface area contributed by atoms with Gasteiger partial charge in [-0.3, -0.25) is 12.2 Å². The van der Waals surface area contributed by atoms with Crippen LogP contribution in [0.1, 0.15) is 12.8 Å². The van der Waals surface area contributed by atoms with Gasteiger partial charge in [0.15, 0.2) is 0 Å². The van der Waals surface area contributed by atoms with Gasteiger partial charge >= 0.3 is 38.6 Å². The van der Waals surface area contributed by atoms with Crippen molar-refractivity contribution in [1.29, 1.82) is 0 Å². The van der Waals surface area contributed by atoms with Gasteiger partial charge in [0.1, 0.15) is 0 Å². The molecule has 21 heavy (non-hydrogen) atoms. The first-order valence-corrected chi connectivity index (χ1v) is 4.90. The van der Waals surface area contributed by atoms with Crippen molar-refractivity contribution in [3.05, 3.63) is 62.5 Å². The Bertz CT molecular complexity index is 370. The topological polar surface area (TPSA) is 0 Å². The summed E-state index contributed by atoms with van der Waals surface area (Å²) >= 11 is 0. The molecule has 0 fully saturated rings. The van der Waals surface area contributed by atoms with Crippen LogP contribution in [0, 0.1) is 27.0 Å². The summed E-state index contributed by atoms with van der Waals surface area (Å²) in [6, 6.07) is 0. The van der Waals surface area contributed by atoms with E-state index in [0.29, 0.717) is 0 Å². The molecular formula is C14H14F6Zr. The molecular weight excluding hydrogens is 373 g/mol. The molecule has 0 radical (unpaired) electrons. The van der Waals surface area contributed by atoms with Crippen molar-refractivity contribution >= 4 is 0 Å². The predicted molar refractivity (Wildman–Crippen MR) is 66.0 cm³/mol. The third-order valence-electron chi connectivity index (χ3n) is 2.00. The Balaban J connectivity index is -0.000000270. The smallest absolute Gasteiger partial charge is 0.358 e. The van der Waals surface area contributed by atoms with Crippen LogP contribution in [0.5, 0.6) is 0 Å². The second kappa shape index (κ2) is 10.2. The van der Waals surface area contributed by atoms with Gasteiger partial charge in [-0.1, -0.05) is 0 Å². The molecule has 0 aromatic rings.